The third-order valence-corrected chi connectivity index (χ3v) is 5.02. The van der Waals surface area contributed by atoms with E-state index in [1.807, 2.05) is 0 Å². The van der Waals surface area contributed by atoms with Crippen molar-refractivity contribution in [2.24, 2.45) is 5.92 Å². The summed E-state index contributed by atoms with van der Waals surface area (Å²) >= 11 is 0. The maximum atomic E-state index is 11.1. The minimum Gasteiger partial charge on any atom is -0.481 e. The van der Waals surface area contributed by atoms with Gasteiger partial charge in [0.25, 0.3) is 0 Å². The van der Waals surface area contributed by atoms with E-state index in [9.17, 15) is 9.90 Å². The number of aliphatic hydroxyl groups excluding tert-OH is 2. The molecule has 0 saturated carbocycles. The SMILES string of the molecule is CCCCCCCCCCCCCCCC[C@@H](C[C@H](O)CO)C(=O)O. The monoisotopic (exact) mass is 358 g/mol. The lowest BCUT2D eigenvalue weighted by Gasteiger charge is -2.15. The Kier molecular flexibility index (Phi) is 17.7. The van der Waals surface area contributed by atoms with Crippen LogP contribution in [0, 0.1) is 5.92 Å². The molecule has 0 spiro atoms. The number of hydrogen-bond acceptors (Lipinski definition) is 3. The molecular formula is C21H42O4. The van der Waals surface area contributed by atoms with Gasteiger partial charge in [0.1, 0.15) is 0 Å². The van der Waals surface area contributed by atoms with E-state index in [2.05, 4.69) is 6.92 Å². The zero-order valence-electron chi connectivity index (χ0n) is 16.4. The lowest BCUT2D eigenvalue weighted by molar-refractivity contribution is -0.143. The first-order chi connectivity index (χ1) is 12.1. The third-order valence-electron chi connectivity index (χ3n) is 5.02. The molecule has 0 amide bonds. The van der Waals surface area contributed by atoms with Crippen molar-refractivity contribution >= 4 is 5.97 Å². The van der Waals surface area contributed by atoms with Crippen molar-refractivity contribution in [2.75, 3.05) is 6.61 Å². The van der Waals surface area contributed by atoms with Crippen LogP contribution in [-0.2, 0) is 4.79 Å². The smallest absolute Gasteiger partial charge is 0.306 e. The molecule has 0 aromatic carbocycles. The van der Waals surface area contributed by atoms with Crippen molar-refractivity contribution in [1.82, 2.24) is 0 Å². The normalized spacial score (nSPS) is 13.7. The zero-order chi connectivity index (χ0) is 18.8. The van der Waals surface area contributed by atoms with E-state index in [1.54, 1.807) is 0 Å². The summed E-state index contributed by atoms with van der Waals surface area (Å²) in [5, 5.41) is 27.3. The molecule has 3 N–H and O–H groups in total. The molecule has 0 aromatic rings. The summed E-state index contributed by atoms with van der Waals surface area (Å²) in [7, 11) is 0. The Bertz CT molecular complexity index is 294. The van der Waals surface area contributed by atoms with Crippen LogP contribution in [-0.4, -0.2) is 34.0 Å². The minimum absolute atomic E-state index is 0.157. The summed E-state index contributed by atoms with van der Waals surface area (Å²) in [6, 6.07) is 0. The summed E-state index contributed by atoms with van der Waals surface area (Å²) in [6.07, 6.45) is 17.9. The van der Waals surface area contributed by atoms with Gasteiger partial charge < -0.3 is 15.3 Å². The topological polar surface area (TPSA) is 77.8 Å². The molecule has 0 aliphatic carbocycles. The fraction of sp³-hybridized carbons (Fsp3) is 0.952. The molecule has 0 aromatic heterocycles. The van der Waals surface area contributed by atoms with Crippen LogP contribution in [0.4, 0.5) is 0 Å². The Morgan fingerprint density at radius 3 is 1.52 bits per heavy atom. The van der Waals surface area contributed by atoms with E-state index in [1.165, 1.54) is 77.0 Å². The summed E-state index contributed by atoms with van der Waals surface area (Å²) in [4.78, 5) is 11.1. The number of aliphatic hydroxyl groups is 2. The number of carbonyl (C=O) groups is 1. The van der Waals surface area contributed by atoms with Crippen LogP contribution in [0.2, 0.25) is 0 Å². The van der Waals surface area contributed by atoms with Crippen LogP contribution in [0.3, 0.4) is 0 Å². The number of carboxylic acids is 1. The highest BCUT2D eigenvalue weighted by atomic mass is 16.4. The molecule has 0 rings (SSSR count). The quantitative estimate of drug-likeness (QED) is 0.274. The molecule has 0 aliphatic heterocycles. The summed E-state index contributed by atoms with van der Waals surface area (Å²) in [6.45, 7) is 1.90. The number of hydrogen-bond donors (Lipinski definition) is 3. The first kappa shape index (κ1) is 24.4. The molecule has 0 unspecified atom stereocenters. The zero-order valence-corrected chi connectivity index (χ0v) is 16.4. The van der Waals surface area contributed by atoms with Crippen LogP contribution >= 0.6 is 0 Å². The van der Waals surface area contributed by atoms with Crippen molar-refractivity contribution in [2.45, 2.75) is 116 Å². The Morgan fingerprint density at radius 1 is 0.760 bits per heavy atom. The van der Waals surface area contributed by atoms with Gasteiger partial charge in [0.15, 0.2) is 0 Å². The Labute approximate surface area is 155 Å². The highest BCUT2D eigenvalue weighted by Crippen LogP contribution is 2.18. The molecule has 0 fully saturated rings. The van der Waals surface area contributed by atoms with Crippen molar-refractivity contribution in [3.05, 3.63) is 0 Å². The van der Waals surface area contributed by atoms with Gasteiger partial charge in [-0.25, -0.2) is 0 Å². The van der Waals surface area contributed by atoms with Gasteiger partial charge in [0.2, 0.25) is 0 Å². The van der Waals surface area contributed by atoms with Crippen molar-refractivity contribution in [1.29, 1.82) is 0 Å². The van der Waals surface area contributed by atoms with E-state index in [0.29, 0.717) is 6.42 Å². The summed E-state index contributed by atoms with van der Waals surface area (Å²) in [5.41, 5.74) is 0. The Hall–Kier alpha value is -0.610. The maximum Gasteiger partial charge on any atom is 0.306 e. The van der Waals surface area contributed by atoms with Crippen LogP contribution in [0.1, 0.15) is 110 Å². The fourth-order valence-electron chi connectivity index (χ4n) is 3.33. The maximum absolute atomic E-state index is 11.1. The standard InChI is InChI=1S/C21H42O4/c1-2-3-4-5-6-7-8-9-10-11-12-13-14-15-16-19(21(24)25)17-20(23)18-22/h19-20,22-23H,2-18H2,1H3,(H,24,25)/t19-,20-/m0/s1. The lowest BCUT2D eigenvalue weighted by atomic mass is 9.94. The average Bonchev–Trinajstić information content (AvgIpc) is 2.60. The van der Waals surface area contributed by atoms with Crippen molar-refractivity contribution < 1.29 is 20.1 Å². The molecule has 0 saturated heterocycles. The summed E-state index contributed by atoms with van der Waals surface area (Å²) < 4.78 is 0. The van der Waals surface area contributed by atoms with Gasteiger partial charge in [0, 0.05) is 0 Å². The Balaban J connectivity index is 3.35. The highest BCUT2D eigenvalue weighted by Gasteiger charge is 2.20. The van der Waals surface area contributed by atoms with Gasteiger partial charge in [-0.2, -0.15) is 0 Å². The van der Waals surface area contributed by atoms with Gasteiger partial charge in [0.05, 0.1) is 18.6 Å². The molecular weight excluding hydrogens is 316 g/mol. The summed E-state index contributed by atoms with van der Waals surface area (Å²) in [5.74, 6) is -1.39. The second-order valence-electron chi connectivity index (χ2n) is 7.49. The number of unbranched alkanes of at least 4 members (excludes halogenated alkanes) is 13. The number of aliphatic carboxylic acids is 1. The number of carboxylic acid groups (broad SMARTS) is 1. The molecule has 0 radical (unpaired) electrons. The molecule has 25 heavy (non-hydrogen) atoms. The van der Waals surface area contributed by atoms with Crippen LogP contribution < -0.4 is 0 Å². The van der Waals surface area contributed by atoms with Crippen molar-refractivity contribution in [3.8, 4) is 0 Å². The van der Waals surface area contributed by atoms with Gasteiger partial charge >= 0.3 is 5.97 Å². The molecule has 150 valence electrons. The van der Waals surface area contributed by atoms with Crippen molar-refractivity contribution in [3.63, 3.8) is 0 Å². The molecule has 4 heteroatoms. The van der Waals surface area contributed by atoms with Gasteiger partial charge in [-0.15, -0.1) is 0 Å². The predicted octanol–water partition coefficient (Wildman–Crippen LogP) is 5.30. The molecule has 0 aliphatic rings. The second-order valence-corrected chi connectivity index (χ2v) is 7.49. The lowest BCUT2D eigenvalue weighted by Crippen LogP contribution is -2.23. The average molecular weight is 359 g/mol. The first-order valence-corrected chi connectivity index (χ1v) is 10.6. The van der Waals surface area contributed by atoms with Gasteiger partial charge in [-0.1, -0.05) is 96.8 Å². The predicted molar refractivity (Wildman–Crippen MR) is 104 cm³/mol. The molecule has 0 bridgehead atoms. The van der Waals surface area contributed by atoms with Crippen LogP contribution in [0.5, 0.6) is 0 Å². The van der Waals surface area contributed by atoms with Crippen LogP contribution in [0.25, 0.3) is 0 Å². The van der Waals surface area contributed by atoms with E-state index in [-0.39, 0.29) is 13.0 Å². The van der Waals surface area contributed by atoms with Gasteiger partial charge in [-0.3, -0.25) is 4.79 Å². The minimum atomic E-state index is -0.909. The molecule has 0 heterocycles. The van der Waals surface area contributed by atoms with E-state index >= 15 is 0 Å². The highest BCUT2D eigenvalue weighted by molar-refractivity contribution is 5.69. The van der Waals surface area contributed by atoms with E-state index in [4.69, 9.17) is 10.2 Å². The third kappa shape index (κ3) is 16.6. The van der Waals surface area contributed by atoms with Crippen LogP contribution in [0.15, 0.2) is 0 Å². The largest absolute Gasteiger partial charge is 0.481 e. The van der Waals surface area contributed by atoms with Gasteiger partial charge in [-0.05, 0) is 12.8 Å². The molecule has 2 atom stereocenters. The Morgan fingerprint density at radius 2 is 1.16 bits per heavy atom. The fourth-order valence-corrected chi connectivity index (χ4v) is 3.33. The second kappa shape index (κ2) is 18.2. The van der Waals surface area contributed by atoms with E-state index < -0.39 is 18.0 Å². The first-order valence-electron chi connectivity index (χ1n) is 10.6. The van der Waals surface area contributed by atoms with E-state index in [0.717, 1.165) is 12.8 Å². The molecule has 4 nitrogen and oxygen atoms in total. The number of rotatable bonds is 19.